The molecule has 0 bridgehead atoms. The van der Waals surface area contributed by atoms with E-state index in [4.69, 9.17) is 10.2 Å². The van der Waals surface area contributed by atoms with Gasteiger partial charge in [0.05, 0.1) is 12.5 Å². The van der Waals surface area contributed by atoms with Gasteiger partial charge in [0.15, 0.2) is 11.2 Å². The van der Waals surface area contributed by atoms with E-state index in [0.29, 0.717) is 17.0 Å². The van der Waals surface area contributed by atoms with E-state index in [9.17, 15) is 0 Å². The van der Waals surface area contributed by atoms with Crippen LogP contribution in [0, 0.1) is 0 Å². The van der Waals surface area contributed by atoms with Crippen LogP contribution in [-0.4, -0.2) is 25.0 Å². The van der Waals surface area contributed by atoms with E-state index < -0.39 is 0 Å². The zero-order chi connectivity index (χ0) is 10.3. The van der Waals surface area contributed by atoms with Gasteiger partial charge in [-0.25, -0.2) is 4.98 Å². The third kappa shape index (κ3) is 1.13. The summed E-state index contributed by atoms with van der Waals surface area (Å²) >= 11 is 0. The number of hydrogen-bond acceptors (Lipinski definition) is 6. The van der Waals surface area contributed by atoms with Crippen LogP contribution in [0.25, 0.3) is 17.0 Å². The minimum atomic E-state index is 0.178. The molecular formula is C8H6N6O. The number of nitrogen functional groups attached to an aromatic ring is 1. The lowest BCUT2D eigenvalue weighted by Gasteiger charge is -1.95. The number of hydrogen-bond donors (Lipinski definition) is 1. The maximum absolute atomic E-state index is 5.48. The minimum absolute atomic E-state index is 0.178. The van der Waals surface area contributed by atoms with Crippen molar-refractivity contribution in [1.29, 1.82) is 0 Å². The highest BCUT2D eigenvalue weighted by Gasteiger charge is 2.10. The summed E-state index contributed by atoms with van der Waals surface area (Å²) in [7, 11) is 0. The van der Waals surface area contributed by atoms with Crippen LogP contribution >= 0.6 is 0 Å². The SMILES string of the molecule is Nc1ncc2nnn(-c3ccco3)c2n1. The Morgan fingerprint density at radius 1 is 1.40 bits per heavy atom. The lowest BCUT2D eigenvalue weighted by Crippen LogP contribution is -1.99. The summed E-state index contributed by atoms with van der Waals surface area (Å²) in [5.41, 5.74) is 6.58. The standard InChI is InChI=1S/C8H6N6O/c9-8-10-4-5-7(11-8)14(13-12-5)6-2-1-3-15-6/h1-4H,(H2,9,10,11). The number of furan rings is 1. The average molecular weight is 202 g/mol. The van der Waals surface area contributed by atoms with Gasteiger partial charge in [-0.1, -0.05) is 5.21 Å². The third-order valence-electron chi connectivity index (χ3n) is 1.93. The molecule has 7 nitrogen and oxygen atoms in total. The summed E-state index contributed by atoms with van der Waals surface area (Å²) in [6.07, 6.45) is 3.07. The third-order valence-corrected chi connectivity index (χ3v) is 1.93. The number of nitrogens with zero attached hydrogens (tertiary/aromatic N) is 5. The Bertz CT molecular complexity index is 599. The first-order valence-corrected chi connectivity index (χ1v) is 4.22. The van der Waals surface area contributed by atoms with Gasteiger partial charge in [-0.05, 0) is 6.07 Å². The molecule has 0 saturated carbocycles. The number of nitrogens with two attached hydrogens (primary N) is 1. The van der Waals surface area contributed by atoms with Crippen molar-refractivity contribution in [3.05, 3.63) is 24.6 Å². The second-order valence-electron chi connectivity index (χ2n) is 2.89. The Balaban J connectivity index is 2.32. The fraction of sp³-hybridized carbons (Fsp3) is 0. The summed E-state index contributed by atoms with van der Waals surface area (Å²) in [5.74, 6) is 0.716. The number of anilines is 1. The second kappa shape index (κ2) is 2.77. The summed E-state index contributed by atoms with van der Waals surface area (Å²) in [4.78, 5) is 7.86. The van der Waals surface area contributed by atoms with Crippen molar-refractivity contribution < 1.29 is 4.42 Å². The maximum atomic E-state index is 5.48. The first-order valence-electron chi connectivity index (χ1n) is 4.22. The Morgan fingerprint density at radius 3 is 3.13 bits per heavy atom. The Kier molecular flexibility index (Phi) is 1.46. The summed E-state index contributed by atoms with van der Waals surface area (Å²) in [5, 5.41) is 7.78. The quantitative estimate of drug-likeness (QED) is 0.613. The van der Waals surface area contributed by atoms with Crippen molar-refractivity contribution in [1.82, 2.24) is 25.0 Å². The maximum Gasteiger partial charge on any atom is 0.223 e. The zero-order valence-corrected chi connectivity index (χ0v) is 7.53. The van der Waals surface area contributed by atoms with Crippen molar-refractivity contribution in [3.63, 3.8) is 0 Å². The summed E-state index contributed by atoms with van der Waals surface area (Å²) < 4.78 is 6.65. The number of fused-ring (bicyclic) bond motifs is 1. The summed E-state index contributed by atoms with van der Waals surface area (Å²) in [6.45, 7) is 0. The number of rotatable bonds is 1. The van der Waals surface area contributed by atoms with Crippen molar-refractivity contribution in [2.75, 3.05) is 5.73 Å². The predicted molar refractivity (Wildman–Crippen MR) is 51.1 cm³/mol. The molecule has 0 aromatic carbocycles. The molecular weight excluding hydrogens is 196 g/mol. The molecule has 3 aromatic rings. The molecule has 0 aliphatic carbocycles. The van der Waals surface area contributed by atoms with Gasteiger partial charge in [0.1, 0.15) is 0 Å². The van der Waals surface area contributed by atoms with Crippen LogP contribution in [-0.2, 0) is 0 Å². The zero-order valence-electron chi connectivity index (χ0n) is 7.53. The highest BCUT2D eigenvalue weighted by atomic mass is 16.3. The molecule has 7 heteroatoms. The molecule has 0 spiro atoms. The van der Waals surface area contributed by atoms with E-state index in [1.165, 1.54) is 10.9 Å². The highest BCUT2D eigenvalue weighted by molar-refractivity contribution is 5.70. The Morgan fingerprint density at radius 2 is 2.33 bits per heavy atom. The van der Waals surface area contributed by atoms with Crippen molar-refractivity contribution in [3.8, 4) is 5.88 Å². The van der Waals surface area contributed by atoms with Crippen molar-refractivity contribution in [2.45, 2.75) is 0 Å². The van der Waals surface area contributed by atoms with E-state index in [1.807, 2.05) is 0 Å². The monoisotopic (exact) mass is 202 g/mol. The normalized spacial score (nSPS) is 10.9. The van der Waals surface area contributed by atoms with Gasteiger partial charge in [0.25, 0.3) is 0 Å². The predicted octanol–water partition coefficient (Wildman–Crippen LogP) is 0.386. The van der Waals surface area contributed by atoms with E-state index in [1.54, 1.807) is 18.4 Å². The minimum Gasteiger partial charge on any atom is -0.447 e. The van der Waals surface area contributed by atoms with Crippen LogP contribution < -0.4 is 5.73 Å². The highest BCUT2D eigenvalue weighted by Crippen LogP contribution is 2.14. The molecule has 3 aromatic heterocycles. The van der Waals surface area contributed by atoms with Crippen LogP contribution in [0.3, 0.4) is 0 Å². The second-order valence-corrected chi connectivity index (χ2v) is 2.89. The first-order chi connectivity index (χ1) is 7.34. The van der Waals surface area contributed by atoms with Crippen LogP contribution in [0.2, 0.25) is 0 Å². The number of aromatic nitrogens is 5. The van der Waals surface area contributed by atoms with E-state index in [-0.39, 0.29) is 5.95 Å². The molecule has 3 rings (SSSR count). The fourth-order valence-electron chi connectivity index (χ4n) is 1.28. The Hall–Kier alpha value is -2.44. The van der Waals surface area contributed by atoms with Crippen molar-refractivity contribution >= 4 is 17.1 Å². The van der Waals surface area contributed by atoms with Crippen LogP contribution in [0.1, 0.15) is 0 Å². The molecule has 2 N–H and O–H groups in total. The van der Waals surface area contributed by atoms with Gasteiger partial charge in [0, 0.05) is 6.07 Å². The largest absolute Gasteiger partial charge is 0.447 e. The van der Waals surface area contributed by atoms with E-state index >= 15 is 0 Å². The molecule has 74 valence electrons. The van der Waals surface area contributed by atoms with Gasteiger partial charge in [-0.15, -0.1) is 5.10 Å². The van der Waals surface area contributed by atoms with Crippen LogP contribution in [0.15, 0.2) is 29.0 Å². The lowest BCUT2D eigenvalue weighted by atomic mass is 10.5. The van der Waals surface area contributed by atoms with Gasteiger partial charge in [-0.2, -0.15) is 9.67 Å². The molecule has 0 fully saturated rings. The molecule has 0 saturated heterocycles. The van der Waals surface area contributed by atoms with Gasteiger partial charge in [0.2, 0.25) is 11.8 Å². The van der Waals surface area contributed by atoms with Gasteiger partial charge < -0.3 is 10.2 Å². The molecule has 0 atom stereocenters. The van der Waals surface area contributed by atoms with Gasteiger partial charge >= 0.3 is 0 Å². The Labute approximate surface area is 83.5 Å². The molecule has 15 heavy (non-hydrogen) atoms. The smallest absolute Gasteiger partial charge is 0.223 e. The van der Waals surface area contributed by atoms with Crippen LogP contribution in [0.5, 0.6) is 0 Å². The summed E-state index contributed by atoms with van der Waals surface area (Å²) in [6, 6.07) is 3.51. The molecule has 0 aliphatic heterocycles. The lowest BCUT2D eigenvalue weighted by molar-refractivity contribution is 0.521. The molecule has 0 amide bonds. The van der Waals surface area contributed by atoms with E-state index in [2.05, 4.69) is 20.3 Å². The molecule has 0 unspecified atom stereocenters. The fourth-order valence-corrected chi connectivity index (χ4v) is 1.28. The first kappa shape index (κ1) is 7.92. The van der Waals surface area contributed by atoms with Gasteiger partial charge in [-0.3, -0.25) is 0 Å². The van der Waals surface area contributed by atoms with E-state index in [0.717, 1.165) is 0 Å². The molecule has 0 aliphatic rings. The molecule has 3 heterocycles. The molecule has 0 radical (unpaired) electrons. The topological polar surface area (TPSA) is 95.7 Å². The van der Waals surface area contributed by atoms with Crippen molar-refractivity contribution in [2.24, 2.45) is 0 Å². The average Bonchev–Trinajstić information content (AvgIpc) is 2.83. The van der Waals surface area contributed by atoms with Crippen LogP contribution in [0.4, 0.5) is 5.95 Å².